The summed E-state index contributed by atoms with van der Waals surface area (Å²) in [7, 11) is 0. The van der Waals surface area contributed by atoms with E-state index in [4.69, 9.17) is 18.9 Å². The fraction of sp³-hybridized carbons (Fsp3) is 0.296. The third-order valence-electron chi connectivity index (χ3n) is 5.45. The predicted molar refractivity (Wildman–Crippen MR) is 122 cm³/mol. The normalized spacial score (nSPS) is 22.6. The Labute approximate surface area is 193 Å². The van der Waals surface area contributed by atoms with Crippen LogP contribution in [0, 0.1) is 0 Å². The van der Waals surface area contributed by atoms with Crippen LogP contribution in [0.1, 0.15) is 23.1 Å². The van der Waals surface area contributed by atoms with Gasteiger partial charge in [-0.2, -0.15) is 0 Å². The molecule has 1 N–H and O–H groups in total. The minimum absolute atomic E-state index is 0.108. The Bertz CT molecular complexity index is 979. The van der Waals surface area contributed by atoms with Crippen LogP contribution in [-0.4, -0.2) is 35.7 Å². The number of rotatable bonds is 9. The molecule has 6 heteroatoms. The molecule has 172 valence electrons. The van der Waals surface area contributed by atoms with E-state index in [1.165, 1.54) is 0 Å². The van der Waals surface area contributed by atoms with Crippen molar-refractivity contribution in [3.8, 4) is 0 Å². The number of carbonyl (C=O) groups is 1. The minimum atomic E-state index is -1.16. The van der Waals surface area contributed by atoms with Gasteiger partial charge < -0.3 is 24.1 Å². The van der Waals surface area contributed by atoms with Crippen LogP contribution < -0.4 is 0 Å². The summed E-state index contributed by atoms with van der Waals surface area (Å²) in [5.74, 6) is -0.594. The van der Waals surface area contributed by atoms with Gasteiger partial charge in [-0.3, -0.25) is 0 Å². The molecule has 1 heterocycles. The van der Waals surface area contributed by atoms with E-state index in [1.807, 2.05) is 91.0 Å². The summed E-state index contributed by atoms with van der Waals surface area (Å²) in [4.78, 5) is 13.0. The zero-order valence-electron chi connectivity index (χ0n) is 18.3. The van der Waals surface area contributed by atoms with Crippen LogP contribution in [0.25, 0.3) is 0 Å². The first-order valence-electron chi connectivity index (χ1n) is 11.0. The third kappa shape index (κ3) is 6.73. The molecule has 0 aromatic heterocycles. The van der Waals surface area contributed by atoms with Crippen molar-refractivity contribution in [2.24, 2.45) is 0 Å². The highest BCUT2D eigenvalue weighted by atomic mass is 16.7. The van der Waals surface area contributed by atoms with Crippen LogP contribution in [0.5, 0.6) is 0 Å². The Morgan fingerprint density at radius 2 is 1.24 bits per heavy atom. The van der Waals surface area contributed by atoms with E-state index < -0.39 is 30.6 Å². The maximum atomic E-state index is 13.0. The molecule has 33 heavy (non-hydrogen) atoms. The lowest BCUT2D eigenvalue weighted by Crippen LogP contribution is -2.54. The quantitative estimate of drug-likeness (QED) is 0.499. The molecular formula is C27H28O6. The molecule has 0 saturated carbocycles. The number of esters is 1. The number of benzene rings is 3. The second kappa shape index (κ2) is 11.7. The van der Waals surface area contributed by atoms with Crippen molar-refractivity contribution in [3.05, 3.63) is 108 Å². The Kier molecular flexibility index (Phi) is 8.22. The molecule has 1 unspecified atom stereocenters. The SMILES string of the molecule is O=C(OCc1ccccc1)[C@H]1OC(O)C[C@@H](OCc2ccccc2)[C@@H]1OCc1ccccc1. The van der Waals surface area contributed by atoms with Crippen molar-refractivity contribution in [2.75, 3.05) is 0 Å². The summed E-state index contributed by atoms with van der Waals surface area (Å²) in [6.45, 7) is 0.713. The van der Waals surface area contributed by atoms with Crippen LogP contribution in [0.3, 0.4) is 0 Å². The second-order valence-corrected chi connectivity index (χ2v) is 7.94. The van der Waals surface area contributed by atoms with Crippen LogP contribution in [0.4, 0.5) is 0 Å². The fourth-order valence-corrected chi connectivity index (χ4v) is 3.73. The Morgan fingerprint density at radius 3 is 1.79 bits per heavy atom. The molecule has 3 aromatic rings. The first-order valence-corrected chi connectivity index (χ1v) is 11.0. The number of hydrogen-bond acceptors (Lipinski definition) is 6. The molecule has 4 atom stereocenters. The van der Waals surface area contributed by atoms with Crippen molar-refractivity contribution >= 4 is 5.97 Å². The van der Waals surface area contributed by atoms with Gasteiger partial charge in [-0.25, -0.2) is 4.79 Å². The van der Waals surface area contributed by atoms with E-state index in [0.29, 0.717) is 6.61 Å². The monoisotopic (exact) mass is 448 g/mol. The maximum Gasteiger partial charge on any atom is 0.338 e. The summed E-state index contributed by atoms with van der Waals surface area (Å²) in [6, 6.07) is 28.8. The van der Waals surface area contributed by atoms with Gasteiger partial charge in [0.15, 0.2) is 12.4 Å². The van der Waals surface area contributed by atoms with E-state index in [-0.39, 0.29) is 19.6 Å². The van der Waals surface area contributed by atoms with E-state index in [0.717, 1.165) is 16.7 Å². The zero-order valence-corrected chi connectivity index (χ0v) is 18.3. The van der Waals surface area contributed by atoms with Gasteiger partial charge in [-0.05, 0) is 16.7 Å². The first-order chi connectivity index (χ1) is 16.2. The summed E-state index contributed by atoms with van der Waals surface area (Å²) in [5, 5.41) is 10.3. The molecular weight excluding hydrogens is 420 g/mol. The average molecular weight is 449 g/mol. The minimum Gasteiger partial charge on any atom is -0.459 e. The summed E-state index contributed by atoms with van der Waals surface area (Å²) >= 11 is 0. The second-order valence-electron chi connectivity index (χ2n) is 7.94. The smallest absolute Gasteiger partial charge is 0.338 e. The number of aliphatic hydroxyl groups is 1. The van der Waals surface area contributed by atoms with Crippen molar-refractivity contribution in [2.45, 2.75) is 50.8 Å². The van der Waals surface area contributed by atoms with Gasteiger partial charge in [0.05, 0.1) is 19.3 Å². The van der Waals surface area contributed by atoms with Gasteiger partial charge in [0.2, 0.25) is 0 Å². The number of ether oxygens (including phenoxy) is 4. The zero-order chi connectivity index (χ0) is 22.9. The van der Waals surface area contributed by atoms with Crippen molar-refractivity contribution in [3.63, 3.8) is 0 Å². The Hall–Kier alpha value is -3.03. The lowest BCUT2D eigenvalue weighted by atomic mass is 10.0. The maximum absolute atomic E-state index is 13.0. The van der Waals surface area contributed by atoms with Crippen LogP contribution in [0.15, 0.2) is 91.0 Å². The van der Waals surface area contributed by atoms with Crippen molar-refractivity contribution in [1.82, 2.24) is 0 Å². The fourth-order valence-electron chi connectivity index (χ4n) is 3.73. The highest BCUT2D eigenvalue weighted by Gasteiger charge is 2.44. The van der Waals surface area contributed by atoms with Gasteiger partial charge in [0.25, 0.3) is 0 Å². The van der Waals surface area contributed by atoms with Gasteiger partial charge >= 0.3 is 5.97 Å². The average Bonchev–Trinajstić information content (AvgIpc) is 2.87. The molecule has 1 fully saturated rings. The largest absolute Gasteiger partial charge is 0.459 e. The Morgan fingerprint density at radius 1 is 0.758 bits per heavy atom. The molecule has 0 bridgehead atoms. The highest BCUT2D eigenvalue weighted by Crippen LogP contribution is 2.27. The predicted octanol–water partition coefficient (Wildman–Crippen LogP) is 4.01. The summed E-state index contributed by atoms with van der Waals surface area (Å²) in [6.07, 6.45) is -3.36. The first kappa shape index (κ1) is 23.1. The lowest BCUT2D eigenvalue weighted by Gasteiger charge is -2.38. The van der Waals surface area contributed by atoms with Crippen molar-refractivity contribution < 1.29 is 28.8 Å². The molecule has 0 radical (unpaired) electrons. The van der Waals surface area contributed by atoms with Gasteiger partial charge in [0, 0.05) is 6.42 Å². The van der Waals surface area contributed by atoms with Crippen LogP contribution in [-0.2, 0) is 43.6 Å². The van der Waals surface area contributed by atoms with E-state index in [9.17, 15) is 9.90 Å². The lowest BCUT2D eigenvalue weighted by molar-refractivity contribution is -0.258. The molecule has 1 aliphatic rings. The standard InChI is InChI=1S/C27H28O6/c28-24-16-23(30-17-20-10-4-1-5-11-20)25(31-18-21-12-6-2-7-13-21)26(33-24)27(29)32-19-22-14-8-3-9-15-22/h1-15,23-26,28H,16-19H2/t23-,24?,25+,26+/m1/s1. The molecule has 1 aliphatic heterocycles. The van der Waals surface area contributed by atoms with Crippen LogP contribution >= 0.6 is 0 Å². The van der Waals surface area contributed by atoms with E-state index in [2.05, 4.69) is 0 Å². The summed E-state index contributed by atoms with van der Waals surface area (Å²) in [5.41, 5.74) is 2.81. The van der Waals surface area contributed by atoms with Crippen molar-refractivity contribution in [1.29, 1.82) is 0 Å². The highest BCUT2D eigenvalue weighted by molar-refractivity contribution is 5.75. The Balaban J connectivity index is 1.47. The van der Waals surface area contributed by atoms with Gasteiger partial charge in [-0.1, -0.05) is 91.0 Å². The molecule has 6 nitrogen and oxygen atoms in total. The molecule has 1 saturated heterocycles. The number of aliphatic hydroxyl groups excluding tert-OH is 1. The van der Waals surface area contributed by atoms with Crippen LogP contribution in [0.2, 0.25) is 0 Å². The van der Waals surface area contributed by atoms with Gasteiger partial charge in [0.1, 0.15) is 12.7 Å². The number of hydrogen-bond donors (Lipinski definition) is 1. The third-order valence-corrected chi connectivity index (χ3v) is 5.45. The molecule has 4 rings (SSSR count). The van der Waals surface area contributed by atoms with E-state index in [1.54, 1.807) is 0 Å². The number of carbonyl (C=O) groups excluding carboxylic acids is 1. The van der Waals surface area contributed by atoms with Gasteiger partial charge in [-0.15, -0.1) is 0 Å². The van der Waals surface area contributed by atoms with E-state index >= 15 is 0 Å². The summed E-state index contributed by atoms with van der Waals surface area (Å²) < 4.78 is 23.3. The molecule has 0 amide bonds. The molecule has 3 aromatic carbocycles. The topological polar surface area (TPSA) is 74.2 Å². The molecule has 0 spiro atoms. The molecule has 0 aliphatic carbocycles.